The molecule has 5 nitrogen and oxygen atoms in total. The van der Waals surface area contributed by atoms with Gasteiger partial charge in [-0.1, -0.05) is 5.16 Å². The molecule has 5 heteroatoms. The Labute approximate surface area is 93.7 Å². The molecule has 2 heterocycles. The van der Waals surface area contributed by atoms with Crippen LogP contribution in [0.5, 0.6) is 0 Å². The van der Waals surface area contributed by atoms with Crippen molar-refractivity contribution in [2.75, 3.05) is 6.61 Å². The number of nitrogens with zero attached hydrogens (tertiary/aromatic N) is 3. The van der Waals surface area contributed by atoms with E-state index in [9.17, 15) is 0 Å². The van der Waals surface area contributed by atoms with Gasteiger partial charge >= 0.3 is 0 Å². The van der Waals surface area contributed by atoms with E-state index in [2.05, 4.69) is 10.3 Å². The van der Waals surface area contributed by atoms with Crippen molar-refractivity contribution in [3.63, 3.8) is 0 Å². The van der Waals surface area contributed by atoms with E-state index in [1.807, 2.05) is 23.9 Å². The predicted molar refractivity (Wildman–Crippen MR) is 58.8 cm³/mol. The summed E-state index contributed by atoms with van der Waals surface area (Å²) in [6, 6.07) is 1.90. The number of aliphatic hydroxyl groups is 1. The normalized spacial score (nSPS) is 10.9. The van der Waals surface area contributed by atoms with E-state index in [1.54, 1.807) is 6.20 Å². The summed E-state index contributed by atoms with van der Waals surface area (Å²) in [7, 11) is 0. The van der Waals surface area contributed by atoms with Gasteiger partial charge in [-0.3, -0.25) is 4.68 Å². The highest BCUT2D eigenvalue weighted by Gasteiger charge is 2.08. The van der Waals surface area contributed by atoms with E-state index in [0.717, 1.165) is 23.6 Å². The molecule has 2 aromatic rings. The van der Waals surface area contributed by atoms with Gasteiger partial charge in [0.15, 0.2) is 0 Å². The molecule has 1 N–H and O–H groups in total. The number of hydrogen-bond donors (Lipinski definition) is 1. The van der Waals surface area contributed by atoms with Crippen LogP contribution in [-0.2, 0) is 13.0 Å². The van der Waals surface area contributed by atoms with Crippen LogP contribution in [0.1, 0.15) is 19.1 Å². The molecule has 0 saturated carbocycles. The summed E-state index contributed by atoms with van der Waals surface area (Å²) in [6.45, 7) is 3.05. The minimum atomic E-state index is 0.170. The van der Waals surface area contributed by atoms with Gasteiger partial charge in [-0.25, -0.2) is 0 Å². The molecule has 0 aromatic carbocycles. The summed E-state index contributed by atoms with van der Waals surface area (Å²) < 4.78 is 7.01. The summed E-state index contributed by atoms with van der Waals surface area (Å²) in [6.07, 6.45) is 5.12. The first kappa shape index (κ1) is 10.9. The highest BCUT2D eigenvalue weighted by Crippen LogP contribution is 2.18. The van der Waals surface area contributed by atoms with Crippen LogP contribution in [0, 0.1) is 0 Å². The SMILES string of the molecule is CCn1cc(-c2cc(CCCO)on2)cn1. The molecule has 0 fully saturated rings. The second-order valence-corrected chi connectivity index (χ2v) is 3.59. The molecule has 0 radical (unpaired) electrons. The van der Waals surface area contributed by atoms with Crippen molar-refractivity contribution in [2.24, 2.45) is 0 Å². The van der Waals surface area contributed by atoms with Crippen LogP contribution in [-0.4, -0.2) is 26.7 Å². The first-order valence-electron chi connectivity index (χ1n) is 5.42. The fourth-order valence-corrected chi connectivity index (χ4v) is 1.49. The molecule has 16 heavy (non-hydrogen) atoms. The van der Waals surface area contributed by atoms with E-state index in [1.165, 1.54) is 0 Å². The van der Waals surface area contributed by atoms with Gasteiger partial charge in [0.25, 0.3) is 0 Å². The topological polar surface area (TPSA) is 64.1 Å². The highest BCUT2D eigenvalue weighted by molar-refractivity contribution is 5.56. The van der Waals surface area contributed by atoms with Gasteiger partial charge in [0.05, 0.1) is 6.20 Å². The molecule has 0 aliphatic carbocycles. The van der Waals surface area contributed by atoms with Gasteiger partial charge in [-0.2, -0.15) is 5.10 Å². The van der Waals surface area contributed by atoms with E-state index in [4.69, 9.17) is 9.63 Å². The fourth-order valence-electron chi connectivity index (χ4n) is 1.49. The largest absolute Gasteiger partial charge is 0.396 e. The zero-order valence-corrected chi connectivity index (χ0v) is 9.26. The third-order valence-corrected chi connectivity index (χ3v) is 2.39. The lowest BCUT2D eigenvalue weighted by molar-refractivity contribution is 0.280. The van der Waals surface area contributed by atoms with Crippen LogP contribution in [0.25, 0.3) is 11.3 Å². The van der Waals surface area contributed by atoms with Crippen molar-refractivity contribution in [3.05, 3.63) is 24.2 Å². The second-order valence-electron chi connectivity index (χ2n) is 3.59. The summed E-state index contributed by atoms with van der Waals surface area (Å²) >= 11 is 0. The lowest BCUT2D eigenvalue weighted by atomic mass is 10.2. The minimum Gasteiger partial charge on any atom is -0.396 e. The second kappa shape index (κ2) is 4.94. The lowest BCUT2D eigenvalue weighted by Crippen LogP contribution is -1.91. The average molecular weight is 221 g/mol. The Bertz CT molecular complexity index is 448. The molecule has 0 aliphatic heterocycles. The van der Waals surface area contributed by atoms with Crippen molar-refractivity contribution in [1.82, 2.24) is 14.9 Å². The quantitative estimate of drug-likeness (QED) is 0.830. The first-order chi connectivity index (χ1) is 7.83. The van der Waals surface area contributed by atoms with Crippen molar-refractivity contribution >= 4 is 0 Å². The number of hydrogen-bond acceptors (Lipinski definition) is 4. The monoisotopic (exact) mass is 221 g/mol. The van der Waals surface area contributed by atoms with Crippen molar-refractivity contribution < 1.29 is 9.63 Å². The van der Waals surface area contributed by atoms with Crippen LogP contribution >= 0.6 is 0 Å². The Balaban J connectivity index is 2.11. The maximum Gasteiger partial charge on any atom is 0.137 e. The predicted octanol–water partition coefficient (Wildman–Crippen LogP) is 1.48. The average Bonchev–Trinajstić information content (AvgIpc) is 2.94. The molecule has 0 spiro atoms. The molecule has 86 valence electrons. The Morgan fingerprint density at radius 3 is 3.06 bits per heavy atom. The van der Waals surface area contributed by atoms with Gasteiger partial charge in [0.1, 0.15) is 11.5 Å². The summed E-state index contributed by atoms with van der Waals surface area (Å²) in [4.78, 5) is 0. The van der Waals surface area contributed by atoms with E-state index >= 15 is 0 Å². The van der Waals surface area contributed by atoms with E-state index in [0.29, 0.717) is 12.8 Å². The zero-order valence-electron chi connectivity index (χ0n) is 9.26. The van der Waals surface area contributed by atoms with Gasteiger partial charge in [0, 0.05) is 37.4 Å². The van der Waals surface area contributed by atoms with Gasteiger partial charge in [-0.05, 0) is 13.3 Å². The number of aryl methyl sites for hydroxylation is 2. The van der Waals surface area contributed by atoms with Gasteiger partial charge in [0.2, 0.25) is 0 Å². The standard InChI is InChI=1S/C11H15N3O2/c1-2-14-8-9(7-12-14)11-6-10(16-13-11)4-3-5-15/h6-8,15H,2-5H2,1H3. The van der Waals surface area contributed by atoms with Crippen molar-refractivity contribution in [3.8, 4) is 11.3 Å². The van der Waals surface area contributed by atoms with Gasteiger partial charge in [-0.15, -0.1) is 0 Å². The van der Waals surface area contributed by atoms with E-state index < -0.39 is 0 Å². The summed E-state index contributed by atoms with van der Waals surface area (Å²) in [5, 5.41) is 16.9. The molecular formula is C11H15N3O2. The van der Waals surface area contributed by atoms with Crippen LogP contribution in [0.2, 0.25) is 0 Å². The third-order valence-electron chi connectivity index (χ3n) is 2.39. The first-order valence-corrected chi connectivity index (χ1v) is 5.42. The zero-order chi connectivity index (χ0) is 11.4. The third kappa shape index (κ3) is 2.30. The van der Waals surface area contributed by atoms with Crippen LogP contribution < -0.4 is 0 Å². The molecular weight excluding hydrogens is 206 g/mol. The Kier molecular flexibility index (Phi) is 3.36. The highest BCUT2D eigenvalue weighted by atomic mass is 16.5. The molecule has 0 saturated heterocycles. The molecule has 2 aromatic heterocycles. The minimum absolute atomic E-state index is 0.170. The maximum absolute atomic E-state index is 8.71. The Morgan fingerprint density at radius 2 is 2.38 bits per heavy atom. The molecule has 0 unspecified atom stereocenters. The number of aliphatic hydroxyl groups excluding tert-OH is 1. The maximum atomic E-state index is 8.71. The fraction of sp³-hybridized carbons (Fsp3) is 0.455. The van der Waals surface area contributed by atoms with Crippen LogP contribution in [0.15, 0.2) is 23.0 Å². The molecule has 0 amide bonds. The summed E-state index contributed by atoms with van der Waals surface area (Å²) in [5.74, 6) is 0.799. The molecule has 2 rings (SSSR count). The number of aromatic nitrogens is 3. The van der Waals surface area contributed by atoms with Crippen LogP contribution in [0.3, 0.4) is 0 Å². The Hall–Kier alpha value is -1.62. The van der Waals surface area contributed by atoms with Gasteiger partial charge < -0.3 is 9.63 Å². The smallest absolute Gasteiger partial charge is 0.137 e. The lowest BCUT2D eigenvalue weighted by Gasteiger charge is -1.90. The molecule has 0 bridgehead atoms. The molecule has 0 atom stereocenters. The van der Waals surface area contributed by atoms with Crippen molar-refractivity contribution in [1.29, 1.82) is 0 Å². The summed E-state index contributed by atoms with van der Waals surface area (Å²) in [5.41, 5.74) is 1.76. The van der Waals surface area contributed by atoms with E-state index in [-0.39, 0.29) is 6.61 Å². The van der Waals surface area contributed by atoms with Crippen molar-refractivity contribution in [2.45, 2.75) is 26.3 Å². The number of rotatable bonds is 5. The Morgan fingerprint density at radius 1 is 1.50 bits per heavy atom. The molecule has 0 aliphatic rings. The van der Waals surface area contributed by atoms with Crippen LogP contribution in [0.4, 0.5) is 0 Å².